The first-order valence-electron chi connectivity index (χ1n) is 9.25. The van der Waals surface area contributed by atoms with Gasteiger partial charge in [-0.15, -0.1) is 12.4 Å². The average Bonchev–Trinajstić information content (AvgIpc) is 2.65. The fraction of sp³-hybridized carbons (Fsp3) is 0.318. The predicted octanol–water partition coefficient (Wildman–Crippen LogP) is 5.69. The van der Waals surface area contributed by atoms with Gasteiger partial charge in [0.2, 0.25) is 5.91 Å². The van der Waals surface area contributed by atoms with Gasteiger partial charge in [-0.25, -0.2) is 4.39 Å². The highest BCUT2D eigenvalue weighted by Crippen LogP contribution is 2.23. The van der Waals surface area contributed by atoms with E-state index in [1.165, 1.54) is 12.1 Å². The van der Waals surface area contributed by atoms with Gasteiger partial charge in [0.05, 0.1) is 0 Å². The molecule has 3 nitrogen and oxygen atoms in total. The Morgan fingerprint density at radius 3 is 2.45 bits per heavy atom. The van der Waals surface area contributed by atoms with Gasteiger partial charge < -0.3 is 4.90 Å². The zero-order valence-electron chi connectivity index (χ0n) is 16.3. The summed E-state index contributed by atoms with van der Waals surface area (Å²) < 4.78 is 13.1. The summed E-state index contributed by atoms with van der Waals surface area (Å²) in [5.74, 6) is -0.264. The highest BCUT2D eigenvalue weighted by atomic mass is 35.5. The summed E-state index contributed by atoms with van der Waals surface area (Å²) in [7, 11) is 0. The lowest BCUT2D eigenvalue weighted by molar-refractivity contribution is -0.131. The lowest BCUT2D eigenvalue weighted by Gasteiger charge is -2.44. The van der Waals surface area contributed by atoms with Crippen LogP contribution in [0.15, 0.2) is 48.5 Å². The van der Waals surface area contributed by atoms with E-state index in [2.05, 4.69) is 11.8 Å². The summed E-state index contributed by atoms with van der Waals surface area (Å²) in [4.78, 5) is 16.9. The molecule has 156 valence electrons. The molecule has 2 unspecified atom stereocenters. The van der Waals surface area contributed by atoms with Crippen LogP contribution in [0.1, 0.15) is 25.0 Å². The zero-order valence-corrected chi connectivity index (χ0v) is 18.6. The van der Waals surface area contributed by atoms with Crippen LogP contribution in [0.4, 0.5) is 4.39 Å². The van der Waals surface area contributed by atoms with E-state index in [1.807, 2.05) is 24.0 Å². The molecule has 3 rings (SSSR count). The van der Waals surface area contributed by atoms with Crippen molar-refractivity contribution in [1.29, 1.82) is 0 Å². The van der Waals surface area contributed by atoms with Crippen molar-refractivity contribution in [3.8, 4) is 0 Å². The minimum atomic E-state index is -0.229. The molecule has 0 radical (unpaired) electrons. The van der Waals surface area contributed by atoms with E-state index in [-0.39, 0.29) is 36.2 Å². The summed E-state index contributed by atoms with van der Waals surface area (Å²) in [6.07, 6.45) is 3.29. The van der Waals surface area contributed by atoms with Crippen LogP contribution in [0, 0.1) is 5.82 Å². The molecule has 0 saturated carbocycles. The van der Waals surface area contributed by atoms with Crippen LogP contribution >= 0.6 is 35.6 Å². The molecule has 1 amide bonds. The minimum absolute atomic E-state index is 0. The first-order chi connectivity index (χ1) is 13.3. The fourth-order valence-corrected chi connectivity index (χ4v) is 3.91. The maximum atomic E-state index is 13.1. The van der Waals surface area contributed by atoms with Crippen molar-refractivity contribution in [2.75, 3.05) is 13.1 Å². The molecule has 7 heteroatoms. The first kappa shape index (κ1) is 23.7. The SMILES string of the molecule is CC1CN(C(=O)C=Cc2ccc(Cl)cc2Cl)C(C)CN1Cc1ccc(F)cc1.Cl. The van der Waals surface area contributed by atoms with E-state index in [0.29, 0.717) is 16.6 Å². The van der Waals surface area contributed by atoms with Gasteiger partial charge in [-0.1, -0.05) is 41.4 Å². The number of hydrogen-bond donors (Lipinski definition) is 0. The molecule has 1 aliphatic rings. The molecule has 29 heavy (non-hydrogen) atoms. The van der Waals surface area contributed by atoms with Crippen molar-refractivity contribution in [3.05, 3.63) is 75.5 Å². The lowest BCUT2D eigenvalue weighted by atomic mass is 10.1. The van der Waals surface area contributed by atoms with E-state index >= 15 is 0 Å². The Bertz CT molecular complexity index is 873. The van der Waals surface area contributed by atoms with Crippen molar-refractivity contribution < 1.29 is 9.18 Å². The molecule has 0 aromatic heterocycles. The molecule has 1 heterocycles. The monoisotopic (exact) mass is 456 g/mol. The molecule has 1 saturated heterocycles. The summed E-state index contributed by atoms with van der Waals surface area (Å²) in [5.41, 5.74) is 1.83. The fourth-order valence-electron chi connectivity index (χ4n) is 3.44. The quantitative estimate of drug-likeness (QED) is 0.551. The first-order valence-corrected chi connectivity index (χ1v) is 10.0. The Kier molecular flexibility index (Phi) is 8.53. The topological polar surface area (TPSA) is 23.6 Å². The third kappa shape index (κ3) is 6.19. The van der Waals surface area contributed by atoms with Crippen LogP contribution in [0.3, 0.4) is 0 Å². The van der Waals surface area contributed by atoms with Gasteiger partial charge in [0, 0.05) is 47.8 Å². The van der Waals surface area contributed by atoms with Crippen LogP contribution in [0.2, 0.25) is 10.0 Å². The smallest absolute Gasteiger partial charge is 0.246 e. The summed E-state index contributed by atoms with van der Waals surface area (Å²) in [5, 5.41) is 1.08. The minimum Gasteiger partial charge on any atom is -0.334 e. The largest absolute Gasteiger partial charge is 0.334 e. The highest BCUT2D eigenvalue weighted by molar-refractivity contribution is 6.35. The van der Waals surface area contributed by atoms with E-state index in [0.717, 1.165) is 24.2 Å². The van der Waals surface area contributed by atoms with Gasteiger partial charge in [0.15, 0.2) is 0 Å². The zero-order chi connectivity index (χ0) is 20.3. The average molecular weight is 458 g/mol. The van der Waals surface area contributed by atoms with E-state index in [9.17, 15) is 9.18 Å². The van der Waals surface area contributed by atoms with Crippen LogP contribution < -0.4 is 0 Å². The summed E-state index contributed by atoms with van der Waals surface area (Å²) in [6.45, 7) is 6.30. The maximum Gasteiger partial charge on any atom is 0.246 e. The maximum absolute atomic E-state index is 13.1. The van der Waals surface area contributed by atoms with E-state index in [1.54, 1.807) is 30.4 Å². The van der Waals surface area contributed by atoms with Crippen LogP contribution in [0.5, 0.6) is 0 Å². The number of nitrogens with zero attached hydrogens (tertiary/aromatic N) is 2. The van der Waals surface area contributed by atoms with Crippen molar-refractivity contribution in [3.63, 3.8) is 0 Å². The van der Waals surface area contributed by atoms with Gasteiger partial charge in [-0.2, -0.15) is 0 Å². The van der Waals surface area contributed by atoms with Crippen molar-refractivity contribution in [2.45, 2.75) is 32.5 Å². The summed E-state index contributed by atoms with van der Waals surface area (Å²) in [6, 6.07) is 12.1. The molecular weight excluding hydrogens is 434 g/mol. The standard InChI is InChI=1S/C22H23Cl2FN2O.ClH/c1-15-13-27(22(28)10-6-18-5-7-19(23)11-21(18)24)16(2)12-26(15)14-17-3-8-20(25)9-4-17;/h3-11,15-16H,12-14H2,1-2H3;1H. The third-order valence-corrected chi connectivity index (χ3v) is 5.63. The Hall–Kier alpha value is -1.59. The normalized spacial score (nSPS) is 20.0. The predicted molar refractivity (Wildman–Crippen MR) is 120 cm³/mol. The number of hydrogen-bond acceptors (Lipinski definition) is 2. The van der Waals surface area contributed by atoms with Gasteiger partial charge >= 0.3 is 0 Å². The highest BCUT2D eigenvalue weighted by Gasteiger charge is 2.30. The lowest BCUT2D eigenvalue weighted by Crippen LogP contribution is -2.57. The van der Waals surface area contributed by atoms with Crippen LogP contribution in [0.25, 0.3) is 6.08 Å². The molecular formula is C22H24Cl3FN2O. The number of halogens is 4. The van der Waals surface area contributed by atoms with Crippen molar-refractivity contribution >= 4 is 47.6 Å². The molecule has 2 aromatic carbocycles. The van der Waals surface area contributed by atoms with Gasteiger partial charge in [0.1, 0.15) is 5.82 Å². The van der Waals surface area contributed by atoms with Gasteiger partial charge in [-0.05, 0) is 55.3 Å². The number of rotatable bonds is 4. The van der Waals surface area contributed by atoms with E-state index < -0.39 is 0 Å². The molecule has 2 atom stereocenters. The molecule has 1 fully saturated rings. The number of benzene rings is 2. The Morgan fingerprint density at radius 2 is 1.79 bits per heavy atom. The van der Waals surface area contributed by atoms with Gasteiger partial charge in [-0.3, -0.25) is 9.69 Å². The van der Waals surface area contributed by atoms with Gasteiger partial charge in [0.25, 0.3) is 0 Å². The van der Waals surface area contributed by atoms with Crippen molar-refractivity contribution in [2.24, 2.45) is 0 Å². The van der Waals surface area contributed by atoms with Crippen LogP contribution in [-0.4, -0.2) is 40.9 Å². The molecule has 0 N–H and O–H groups in total. The second-order valence-electron chi connectivity index (χ2n) is 7.24. The Labute approximate surface area is 187 Å². The third-order valence-electron chi connectivity index (χ3n) is 5.07. The number of carbonyl (C=O) groups is 1. The second kappa shape index (κ2) is 10.4. The Balaban J connectivity index is 0.00000300. The van der Waals surface area contributed by atoms with Crippen LogP contribution in [-0.2, 0) is 11.3 Å². The molecule has 0 bridgehead atoms. The second-order valence-corrected chi connectivity index (χ2v) is 8.09. The van der Waals surface area contributed by atoms with Crippen molar-refractivity contribution in [1.82, 2.24) is 9.80 Å². The molecule has 1 aliphatic heterocycles. The molecule has 0 aliphatic carbocycles. The Morgan fingerprint density at radius 1 is 1.10 bits per heavy atom. The molecule has 2 aromatic rings. The number of carbonyl (C=O) groups excluding carboxylic acids is 1. The van der Waals surface area contributed by atoms with E-state index in [4.69, 9.17) is 23.2 Å². The molecule has 0 spiro atoms. The number of piperazine rings is 1. The number of amides is 1. The summed E-state index contributed by atoms with van der Waals surface area (Å²) >= 11 is 12.1.